The van der Waals surface area contributed by atoms with E-state index in [9.17, 15) is 19.2 Å². The maximum Gasteiger partial charge on any atom is 0.365 e. The van der Waals surface area contributed by atoms with Gasteiger partial charge in [0, 0.05) is 25.5 Å². The van der Waals surface area contributed by atoms with Crippen molar-refractivity contribution in [2.24, 2.45) is 5.84 Å². The van der Waals surface area contributed by atoms with Crippen LogP contribution in [0.2, 0.25) is 0 Å². The number of nitrogen functional groups attached to an aromatic ring is 1. The monoisotopic (exact) mass is 306 g/mol. The second kappa shape index (κ2) is 6.31. The molecular formula is C13H14N4O5. The number of carbonyl (C=O) groups excluding carboxylic acids is 4. The number of nitrogens with zero attached hydrogens (tertiary/aromatic N) is 2. The predicted octanol–water partition coefficient (Wildman–Crippen LogP) is -0.281. The van der Waals surface area contributed by atoms with Crippen LogP contribution >= 0.6 is 0 Å². The molecule has 0 atom stereocenters. The summed E-state index contributed by atoms with van der Waals surface area (Å²) in [6.07, 6.45) is 1.13. The number of amides is 2. The zero-order chi connectivity index (χ0) is 16.3. The van der Waals surface area contributed by atoms with Gasteiger partial charge in [0.25, 0.3) is 11.8 Å². The Labute approximate surface area is 125 Å². The van der Waals surface area contributed by atoms with Gasteiger partial charge in [-0.25, -0.2) is 15.6 Å². The zero-order valence-electron chi connectivity index (χ0n) is 11.8. The Morgan fingerprint density at radius 3 is 2.55 bits per heavy atom. The number of rotatable bonds is 5. The van der Waals surface area contributed by atoms with Gasteiger partial charge in [0.2, 0.25) is 0 Å². The van der Waals surface area contributed by atoms with Crippen LogP contribution in [-0.4, -0.2) is 33.6 Å². The van der Waals surface area contributed by atoms with E-state index in [0.29, 0.717) is 10.6 Å². The summed E-state index contributed by atoms with van der Waals surface area (Å²) >= 11 is 0. The van der Waals surface area contributed by atoms with Crippen molar-refractivity contribution in [3.05, 3.63) is 23.4 Å². The van der Waals surface area contributed by atoms with Crippen molar-refractivity contribution in [2.75, 3.05) is 5.43 Å². The van der Waals surface area contributed by atoms with E-state index in [0.717, 1.165) is 0 Å². The lowest BCUT2D eigenvalue weighted by atomic mass is 10.1. The van der Waals surface area contributed by atoms with Gasteiger partial charge in [-0.05, 0) is 18.6 Å². The van der Waals surface area contributed by atoms with E-state index in [-0.39, 0.29) is 36.4 Å². The molecule has 0 radical (unpaired) electrons. The van der Waals surface area contributed by atoms with E-state index < -0.39 is 17.8 Å². The summed E-state index contributed by atoms with van der Waals surface area (Å²) in [6.45, 7) is 1.36. The molecule has 0 bridgehead atoms. The van der Waals surface area contributed by atoms with Gasteiger partial charge < -0.3 is 10.3 Å². The summed E-state index contributed by atoms with van der Waals surface area (Å²) in [7, 11) is 0. The van der Waals surface area contributed by atoms with E-state index in [4.69, 9.17) is 10.7 Å². The number of nitrogens with one attached hydrogen (secondary N) is 1. The van der Waals surface area contributed by atoms with Gasteiger partial charge in [-0.15, -0.1) is 5.06 Å². The minimum atomic E-state index is -0.934. The van der Waals surface area contributed by atoms with E-state index >= 15 is 0 Å². The summed E-state index contributed by atoms with van der Waals surface area (Å²) in [5.74, 6) is 3.21. The summed E-state index contributed by atoms with van der Waals surface area (Å²) in [6, 6.07) is 1.42. The first-order valence-corrected chi connectivity index (χ1v) is 6.45. The van der Waals surface area contributed by atoms with Crippen LogP contribution in [0.4, 0.5) is 5.82 Å². The Morgan fingerprint density at radius 2 is 2.00 bits per heavy atom. The standard InChI is InChI=1S/C13H14N4O5/c1-7(18)4-8-5-10(16-14)15-6-9(8)13(21)22-17-11(19)2-3-12(17)20/h5-6H,2-4,14H2,1H3,(H,15,16). The molecule has 2 amide bonds. The summed E-state index contributed by atoms with van der Waals surface area (Å²) in [4.78, 5) is 55.0. The molecule has 0 aromatic carbocycles. The molecule has 9 nitrogen and oxygen atoms in total. The summed E-state index contributed by atoms with van der Waals surface area (Å²) < 4.78 is 0. The number of carbonyl (C=O) groups is 4. The molecule has 1 fully saturated rings. The number of anilines is 1. The van der Waals surface area contributed by atoms with Gasteiger partial charge in [-0.3, -0.25) is 14.4 Å². The van der Waals surface area contributed by atoms with E-state index in [1.807, 2.05) is 0 Å². The molecule has 1 aliphatic rings. The number of hydrogen-bond acceptors (Lipinski definition) is 8. The normalized spacial score (nSPS) is 14.2. The number of hydrogen-bond donors (Lipinski definition) is 2. The number of hydrazine groups is 1. The van der Waals surface area contributed by atoms with Crippen LogP contribution in [0.3, 0.4) is 0 Å². The first-order valence-electron chi connectivity index (χ1n) is 6.45. The van der Waals surface area contributed by atoms with Crippen molar-refractivity contribution in [3.8, 4) is 0 Å². The van der Waals surface area contributed by atoms with Crippen molar-refractivity contribution < 1.29 is 24.0 Å². The van der Waals surface area contributed by atoms with Crippen molar-refractivity contribution >= 4 is 29.4 Å². The molecule has 0 spiro atoms. The summed E-state index contributed by atoms with van der Waals surface area (Å²) in [5, 5.41) is 0.439. The fourth-order valence-electron chi connectivity index (χ4n) is 1.96. The van der Waals surface area contributed by atoms with Gasteiger partial charge in [0.15, 0.2) is 0 Å². The molecule has 1 aromatic heterocycles. The third kappa shape index (κ3) is 3.26. The molecule has 2 rings (SSSR count). The number of Topliss-reactive ketones (excluding diaryl/α,β-unsaturated/α-hetero) is 1. The van der Waals surface area contributed by atoms with E-state index in [2.05, 4.69) is 10.4 Å². The third-order valence-corrected chi connectivity index (χ3v) is 2.98. The fourth-order valence-corrected chi connectivity index (χ4v) is 1.96. The van der Waals surface area contributed by atoms with E-state index in [1.165, 1.54) is 19.2 Å². The Kier molecular flexibility index (Phi) is 4.47. The number of pyridine rings is 1. The minimum absolute atomic E-state index is 0.000692. The minimum Gasteiger partial charge on any atom is -0.325 e. The highest BCUT2D eigenvalue weighted by Crippen LogP contribution is 2.18. The van der Waals surface area contributed by atoms with Gasteiger partial charge in [-0.1, -0.05) is 0 Å². The highest BCUT2D eigenvalue weighted by atomic mass is 16.7. The number of hydroxylamine groups is 2. The quantitative estimate of drug-likeness (QED) is 0.431. The molecule has 0 aliphatic carbocycles. The number of ketones is 1. The molecule has 3 N–H and O–H groups in total. The Balaban J connectivity index is 2.26. The number of nitrogens with two attached hydrogens (primary N) is 1. The zero-order valence-corrected chi connectivity index (χ0v) is 11.8. The average molecular weight is 306 g/mol. The smallest absolute Gasteiger partial charge is 0.325 e. The highest BCUT2D eigenvalue weighted by Gasteiger charge is 2.33. The van der Waals surface area contributed by atoms with Crippen LogP contribution < -0.4 is 11.3 Å². The lowest BCUT2D eigenvalue weighted by Gasteiger charge is -2.14. The van der Waals surface area contributed by atoms with Crippen molar-refractivity contribution in [3.63, 3.8) is 0 Å². The average Bonchev–Trinajstić information content (AvgIpc) is 2.78. The molecule has 2 heterocycles. The van der Waals surface area contributed by atoms with Gasteiger partial charge in [0.1, 0.15) is 11.6 Å². The second-order valence-corrected chi connectivity index (χ2v) is 4.71. The van der Waals surface area contributed by atoms with Crippen LogP contribution in [-0.2, 0) is 25.6 Å². The number of imide groups is 1. The van der Waals surface area contributed by atoms with Crippen molar-refractivity contribution in [1.82, 2.24) is 10.0 Å². The molecule has 1 aromatic rings. The maximum atomic E-state index is 12.1. The van der Waals surface area contributed by atoms with Crippen LogP contribution in [0.25, 0.3) is 0 Å². The summed E-state index contributed by atoms with van der Waals surface area (Å²) in [5.41, 5.74) is 2.62. The van der Waals surface area contributed by atoms with Crippen LogP contribution in [0, 0.1) is 0 Å². The van der Waals surface area contributed by atoms with Crippen LogP contribution in [0.1, 0.15) is 35.7 Å². The first kappa shape index (κ1) is 15.6. The molecule has 1 saturated heterocycles. The molecule has 1 aliphatic heterocycles. The van der Waals surface area contributed by atoms with Crippen molar-refractivity contribution in [2.45, 2.75) is 26.2 Å². The van der Waals surface area contributed by atoms with Gasteiger partial charge in [0.05, 0.1) is 5.56 Å². The SMILES string of the molecule is CC(=O)Cc1cc(NN)ncc1C(=O)ON1C(=O)CCC1=O. The fraction of sp³-hybridized carbons (Fsp3) is 0.308. The predicted molar refractivity (Wildman–Crippen MR) is 72.9 cm³/mol. The van der Waals surface area contributed by atoms with Gasteiger partial charge in [-0.2, -0.15) is 0 Å². The lowest BCUT2D eigenvalue weighted by Crippen LogP contribution is -2.32. The first-order chi connectivity index (χ1) is 10.4. The second-order valence-electron chi connectivity index (χ2n) is 4.71. The lowest BCUT2D eigenvalue weighted by molar-refractivity contribution is -0.172. The van der Waals surface area contributed by atoms with E-state index in [1.54, 1.807) is 0 Å². The molecule has 22 heavy (non-hydrogen) atoms. The maximum absolute atomic E-state index is 12.1. The van der Waals surface area contributed by atoms with Crippen molar-refractivity contribution in [1.29, 1.82) is 0 Å². The highest BCUT2D eigenvalue weighted by molar-refractivity contribution is 6.03. The molecule has 0 unspecified atom stereocenters. The third-order valence-electron chi connectivity index (χ3n) is 2.98. The van der Waals surface area contributed by atoms with Crippen LogP contribution in [0.5, 0.6) is 0 Å². The topological polar surface area (TPSA) is 132 Å². The molecule has 9 heteroatoms. The Hall–Kier alpha value is -2.81. The Morgan fingerprint density at radius 1 is 1.36 bits per heavy atom. The van der Waals surface area contributed by atoms with Crippen LogP contribution in [0.15, 0.2) is 12.3 Å². The molecule has 116 valence electrons. The number of aromatic nitrogens is 1. The largest absolute Gasteiger partial charge is 0.365 e. The Bertz CT molecular complexity index is 642. The molecular weight excluding hydrogens is 292 g/mol. The molecule has 0 saturated carbocycles. The van der Waals surface area contributed by atoms with Gasteiger partial charge >= 0.3 is 5.97 Å².